The summed E-state index contributed by atoms with van der Waals surface area (Å²) >= 11 is 0. The Kier molecular flexibility index (Phi) is 5.32. The average Bonchev–Trinajstić information content (AvgIpc) is 2.45. The van der Waals surface area contributed by atoms with Crippen molar-refractivity contribution < 1.29 is 19.4 Å². The molecule has 5 nitrogen and oxygen atoms in total. The second-order valence-corrected chi connectivity index (χ2v) is 4.45. The van der Waals surface area contributed by atoms with E-state index in [-0.39, 0.29) is 0 Å². The van der Waals surface area contributed by atoms with Gasteiger partial charge in [0.25, 0.3) is 0 Å². The monoisotopic (exact) mass is 265 g/mol. The lowest BCUT2D eigenvalue weighted by molar-refractivity contribution is -0.151. The highest BCUT2D eigenvalue weighted by Gasteiger charge is 2.20. The molecule has 1 aromatic carbocycles. The molecule has 0 aromatic heterocycles. The first-order chi connectivity index (χ1) is 9.27. The third-order valence-corrected chi connectivity index (χ3v) is 3.12. The second kappa shape index (κ2) is 7.23. The first-order valence-corrected chi connectivity index (χ1v) is 6.47. The van der Waals surface area contributed by atoms with Crippen LogP contribution in [-0.2, 0) is 14.3 Å². The fourth-order valence-electron chi connectivity index (χ4n) is 2.06. The van der Waals surface area contributed by atoms with Gasteiger partial charge in [-0.3, -0.25) is 4.90 Å². The number of nitrogens with zero attached hydrogens (tertiary/aromatic N) is 1. The van der Waals surface area contributed by atoms with Crippen LogP contribution in [0.25, 0.3) is 0 Å². The molecule has 1 aromatic rings. The van der Waals surface area contributed by atoms with Crippen molar-refractivity contribution in [3.63, 3.8) is 0 Å². The SMILES string of the molecule is O=C(O)C(OCCN1CCOCC1)c1ccccc1. The Balaban J connectivity index is 1.82. The summed E-state index contributed by atoms with van der Waals surface area (Å²) in [7, 11) is 0. The summed E-state index contributed by atoms with van der Waals surface area (Å²) in [5, 5.41) is 9.21. The van der Waals surface area contributed by atoms with Gasteiger partial charge in [0.05, 0.1) is 19.8 Å². The maximum absolute atomic E-state index is 11.2. The topological polar surface area (TPSA) is 59.0 Å². The first-order valence-electron chi connectivity index (χ1n) is 6.47. The second-order valence-electron chi connectivity index (χ2n) is 4.45. The number of carboxylic acid groups (broad SMARTS) is 1. The van der Waals surface area contributed by atoms with E-state index >= 15 is 0 Å². The van der Waals surface area contributed by atoms with Crippen molar-refractivity contribution in [3.8, 4) is 0 Å². The third kappa shape index (κ3) is 4.31. The predicted octanol–water partition coefficient (Wildman–Crippen LogP) is 1.16. The number of hydrogen-bond donors (Lipinski definition) is 1. The number of carboxylic acids is 1. The molecule has 5 heteroatoms. The van der Waals surface area contributed by atoms with E-state index in [2.05, 4.69) is 4.90 Å². The Morgan fingerprint density at radius 3 is 2.63 bits per heavy atom. The molecule has 0 amide bonds. The van der Waals surface area contributed by atoms with Gasteiger partial charge in [0.15, 0.2) is 6.10 Å². The minimum absolute atomic E-state index is 0.409. The van der Waals surface area contributed by atoms with Gasteiger partial charge in [-0.15, -0.1) is 0 Å². The van der Waals surface area contributed by atoms with Gasteiger partial charge in [-0.1, -0.05) is 30.3 Å². The molecule has 104 valence electrons. The maximum Gasteiger partial charge on any atom is 0.337 e. The lowest BCUT2D eigenvalue weighted by atomic mass is 10.1. The molecule has 0 saturated carbocycles. The van der Waals surface area contributed by atoms with Crippen LogP contribution in [0.4, 0.5) is 0 Å². The first kappa shape index (κ1) is 14.0. The molecule has 0 bridgehead atoms. The molecule has 1 aliphatic heterocycles. The molecule has 1 fully saturated rings. The van der Waals surface area contributed by atoms with Crippen molar-refractivity contribution in [2.75, 3.05) is 39.5 Å². The Hall–Kier alpha value is -1.43. The molecular weight excluding hydrogens is 246 g/mol. The molecule has 19 heavy (non-hydrogen) atoms. The number of aliphatic carboxylic acids is 1. The van der Waals surface area contributed by atoms with Crippen molar-refractivity contribution in [3.05, 3.63) is 35.9 Å². The van der Waals surface area contributed by atoms with Crippen LogP contribution >= 0.6 is 0 Å². The molecule has 2 rings (SSSR count). The van der Waals surface area contributed by atoms with Gasteiger partial charge < -0.3 is 14.6 Å². The van der Waals surface area contributed by atoms with Crippen molar-refractivity contribution in [2.45, 2.75) is 6.10 Å². The fraction of sp³-hybridized carbons (Fsp3) is 0.500. The fourth-order valence-corrected chi connectivity index (χ4v) is 2.06. The van der Waals surface area contributed by atoms with Crippen LogP contribution in [-0.4, -0.2) is 55.4 Å². The largest absolute Gasteiger partial charge is 0.479 e. The molecule has 1 N–H and O–H groups in total. The van der Waals surface area contributed by atoms with Crippen LogP contribution in [0.15, 0.2) is 30.3 Å². The Bertz CT molecular complexity index is 390. The summed E-state index contributed by atoms with van der Waals surface area (Å²) in [5.74, 6) is -0.951. The van der Waals surface area contributed by atoms with Crippen molar-refractivity contribution in [1.29, 1.82) is 0 Å². The Morgan fingerprint density at radius 2 is 2.00 bits per heavy atom. The van der Waals surface area contributed by atoms with E-state index in [1.807, 2.05) is 18.2 Å². The summed E-state index contributed by atoms with van der Waals surface area (Å²) < 4.78 is 10.8. The van der Waals surface area contributed by atoms with Gasteiger partial charge in [-0.25, -0.2) is 4.79 Å². The summed E-state index contributed by atoms with van der Waals surface area (Å²) in [5.41, 5.74) is 0.678. The van der Waals surface area contributed by atoms with E-state index in [0.717, 1.165) is 32.8 Å². The summed E-state index contributed by atoms with van der Waals surface area (Å²) in [4.78, 5) is 13.4. The Morgan fingerprint density at radius 1 is 1.32 bits per heavy atom. The van der Waals surface area contributed by atoms with Crippen molar-refractivity contribution in [2.24, 2.45) is 0 Å². The predicted molar refractivity (Wildman–Crippen MR) is 70.0 cm³/mol. The molecule has 1 unspecified atom stereocenters. The molecular formula is C14H19NO4. The average molecular weight is 265 g/mol. The molecule has 1 atom stereocenters. The summed E-state index contributed by atoms with van der Waals surface area (Å²) in [6, 6.07) is 9.03. The standard InChI is InChI=1S/C14H19NO4/c16-14(17)13(12-4-2-1-3-5-12)19-11-8-15-6-9-18-10-7-15/h1-5,13H,6-11H2,(H,16,17). The van der Waals surface area contributed by atoms with Crippen LogP contribution < -0.4 is 0 Å². The van der Waals surface area contributed by atoms with Gasteiger partial charge in [-0.2, -0.15) is 0 Å². The van der Waals surface area contributed by atoms with E-state index in [4.69, 9.17) is 9.47 Å². The Labute approximate surface area is 112 Å². The highest BCUT2D eigenvalue weighted by molar-refractivity contribution is 5.74. The van der Waals surface area contributed by atoms with Gasteiger partial charge in [0.1, 0.15) is 0 Å². The quantitative estimate of drug-likeness (QED) is 0.836. The van der Waals surface area contributed by atoms with E-state index in [1.165, 1.54) is 0 Å². The molecule has 0 aliphatic carbocycles. The zero-order valence-corrected chi connectivity index (χ0v) is 10.8. The number of carbonyl (C=O) groups is 1. The maximum atomic E-state index is 11.2. The highest BCUT2D eigenvalue weighted by Crippen LogP contribution is 2.17. The van der Waals surface area contributed by atoms with E-state index in [9.17, 15) is 9.90 Å². The zero-order valence-electron chi connectivity index (χ0n) is 10.8. The zero-order chi connectivity index (χ0) is 13.5. The summed E-state index contributed by atoms with van der Waals surface area (Å²) in [6.07, 6.45) is -0.887. The van der Waals surface area contributed by atoms with E-state index in [1.54, 1.807) is 12.1 Å². The minimum atomic E-state index is -0.951. The van der Waals surface area contributed by atoms with Crippen molar-refractivity contribution in [1.82, 2.24) is 4.90 Å². The highest BCUT2D eigenvalue weighted by atomic mass is 16.5. The van der Waals surface area contributed by atoms with Crippen LogP contribution in [0.5, 0.6) is 0 Å². The smallest absolute Gasteiger partial charge is 0.337 e. The number of morpholine rings is 1. The molecule has 0 radical (unpaired) electrons. The number of ether oxygens (including phenoxy) is 2. The van der Waals surface area contributed by atoms with Crippen LogP contribution in [0.3, 0.4) is 0 Å². The molecule has 1 saturated heterocycles. The minimum Gasteiger partial charge on any atom is -0.479 e. The van der Waals surface area contributed by atoms with E-state index < -0.39 is 12.1 Å². The number of hydrogen-bond acceptors (Lipinski definition) is 4. The van der Waals surface area contributed by atoms with Crippen LogP contribution in [0.1, 0.15) is 11.7 Å². The summed E-state index contributed by atoms with van der Waals surface area (Å²) in [6.45, 7) is 4.38. The molecule has 1 aliphatic rings. The van der Waals surface area contributed by atoms with Gasteiger partial charge in [0, 0.05) is 19.6 Å². The normalized spacial score (nSPS) is 18.1. The lowest BCUT2D eigenvalue weighted by Crippen LogP contribution is -2.38. The molecule has 0 spiro atoms. The lowest BCUT2D eigenvalue weighted by Gasteiger charge is -2.26. The van der Waals surface area contributed by atoms with Crippen molar-refractivity contribution >= 4 is 5.97 Å². The van der Waals surface area contributed by atoms with E-state index in [0.29, 0.717) is 12.2 Å². The van der Waals surface area contributed by atoms with Gasteiger partial charge in [0.2, 0.25) is 0 Å². The van der Waals surface area contributed by atoms with Crippen LogP contribution in [0, 0.1) is 0 Å². The van der Waals surface area contributed by atoms with Crippen LogP contribution in [0.2, 0.25) is 0 Å². The molecule has 1 heterocycles. The third-order valence-electron chi connectivity index (χ3n) is 3.12. The van der Waals surface area contributed by atoms with Gasteiger partial charge >= 0.3 is 5.97 Å². The number of rotatable bonds is 6. The number of benzene rings is 1. The van der Waals surface area contributed by atoms with Gasteiger partial charge in [-0.05, 0) is 5.56 Å².